The summed E-state index contributed by atoms with van der Waals surface area (Å²) in [5.41, 5.74) is 1.90. The summed E-state index contributed by atoms with van der Waals surface area (Å²) in [6.45, 7) is 1.70. The molecule has 0 atom stereocenters. The number of hydrogen-bond donors (Lipinski definition) is 2. The summed E-state index contributed by atoms with van der Waals surface area (Å²) in [5, 5.41) is 16.7. The zero-order valence-corrected chi connectivity index (χ0v) is 21.6. The highest BCUT2D eigenvalue weighted by Gasteiger charge is 2.39. The molecule has 3 aromatic carbocycles. The van der Waals surface area contributed by atoms with Gasteiger partial charge in [0.05, 0.1) is 29.8 Å². The molecule has 0 bridgehead atoms. The smallest absolute Gasteiger partial charge is 0.283 e. The van der Waals surface area contributed by atoms with E-state index >= 15 is 0 Å². The molecule has 194 valence electrons. The number of imide groups is 1. The molecule has 3 aromatic rings. The molecule has 1 aliphatic rings. The molecule has 0 saturated carbocycles. The molecule has 0 aliphatic carbocycles. The van der Waals surface area contributed by atoms with Crippen LogP contribution in [0.2, 0.25) is 5.02 Å². The van der Waals surface area contributed by atoms with Crippen molar-refractivity contribution < 1.29 is 24.0 Å². The van der Waals surface area contributed by atoms with Crippen molar-refractivity contribution in [3.63, 3.8) is 0 Å². The number of anilines is 3. The molecular weight excluding hydrogens is 535 g/mol. The van der Waals surface area contributed by atoms with E-state index in [0.717, 1.165) is 4.90 Å². The number of nitro groups is 1. The van der Waals surface area contributed by atoms with Crippen molar-refractivity contribution in [2.45, 2.75) is 13.3 Å². The minimum absolute atomic E-state index is 0.0329. The molecule has 0 aromatic heterocycles. The Kier molecular flexibility index (Phi) is 7.65. The van der Waals surface area contributed by atoms with E-state index in [1.807, 2.05) is 0 Å². The normalized spacial score (nSPS) is 13.1. The first-order chi connectivity index (χ1) is 18.1. The number of hydrogen-bond acceptors (Lipinski definition) is 7. The molecule has 0 unspecified atom stereocenters. The molecule has 0 saturated heterocycles. The molecule has 1 aliphatic heterocycles. The van der Waals surface area contributed by atoms with Crippen LogP contribution in [0.4, 0.5) is 22.7 Å². The highest BCUT2D eigenvalue weighted by molar-refractivity contribution is 6.53. The fourth-order valence-electron chi connectivity index (χ4n) is 3.81. The quantitative estimate of drug-likeness (QED) is 0.222. The van der Waals surface area contributed by atoms with Crippen molar-refractivity contribution in [1.82, 2.24) is 0 Å². The van der Waals surface area contributed by atoms with Gasteiger partial charge in [-0.1, -0.05) is 41.4 Å². The predicted octanol–water partition coefficient (Wildman–Crippen LogP) is 5.18. The summed E-state index contributed by atoms with van der Waals surface area (Å²) in [5.74, 6) is -1.43. The van der Waals surface area contributed by atoms with E-state index in [-0.39, 0.29) is 34.3 Å². The Labute approximate surface area is 226 Å². The van der Waals surface area contributed by atoms with Gasteiger partial charge in [-0.05, 0) is 48.4 Å². The summed E-state index contributed by atoms with van der Waals surface area (Å²) >= 11 is 12.4. The third-order valence-electron chi connectivity index (χ3n) is 5.76. The summed E-state index contributed by atoms with van der Waals surface area (Å²) in [6, 6.07) is 15.3. The second kappa shape index (κ2) is 10.9. The summed E-state index contributed by atoms with van der Waals surface area (Å²) < 4.78 is 5.16. The number of ether oxygens (including phenoxy) is 1. The zero-order valence-electron chi connectivity index (χ0n) is 20.1. The first kappa shape index (κ1) is 26.6. The van der Waals surface area contributed by atoms with E-state index < -0.39 is 22.6 Å². The molecular formula is C26H20Cl2N4O6. The Balaban J connectivity index is 1.45. The van der Waals surface area contributed by atoms with Gasteiger partial charge in [0.15, 0.2) is 0 Å². The highest BCUT2D eigenvalue weighted by Crippen LogP contribution is 2.34. The van der Waals surface area contributed by atoms with E-state index in [1.165, 1.54) is 25.3 Å². The van der Waals surface area contributed by atoms with Crippen molar-refractivity contribution in [3.8, 4) is 5.75 Å². The molecule has 0 radical (unpaired) electrons. The lowest BCUT2D eigenvalue weighted by molar-refractivity contribution is -0.384. The molecule has 38 heavy (non-hydrogen) atoms. The number of non-ortho nitro benzene ring substituents is 1. The van der Waals surface area contributed by atoms with Crippen molar-refractivity contribution in [1.29, 1.82) is 0 Å². The van der Waals surface area contributed by atoms with Crippen LogP contribution in [0.5, 0.6) is 5.75 Å². The number of rotatable bonds is 8. The first-order valence-corrected chi connectivity index (χ1v) is 11.9. The van der Waals surface area contributed by atoms with Gasteiger partial charge >= 0.3 is 0 Å². The molecule has 0 spiro atoms. The summed E-state index contributed by atoms with van der Waals surface area (Å²) in [6.07, 6.45) is -0.0329. The number of nitrogens with zero attached hydrogens (tertiary/aromatic N) is 2. The van der Waals surface area contributed by atoms with Crippen LogP contribution < -0.4 is 20.3 Å². The number of carbonyl (C=O) groups excluding carboxylic acids is 3. The monoisotopic (exact) mass is 554 g/mol. The summed E-state index contributed by atoms with van der Waals surface area (Å²) in [7, 11) is 1.39. The lowest BCUT2D eigenvalue weighted by Gasteiger charge is -2.18. The predicted molar refractivity (Wildman–Crippen MR) is 144 cm³/mol. The Morgan fingerprint density at radius 2 is 1.76 bits per heavy atom. The van der Waals surface area contributed by atoms with E-state index in [0.29, 0.717) is 27.5 Å². The van der Waals surface area contributed by atoms with Gasteiger partial charge < -0.3 is 15.4 Å². The van der Waals surface area contributed by atoms with Crippen LogP contribution in [-0.2, 0) is 20.8 Å². The van der Waals surface area contributed by atoms with Crippen molar-refractivity contribution in [2.24, 2.45) is 0 Å². The molecule has 12 heteroatoms. The topological polar surface area (TPSA) is 131 Å². The van der Waals surface area contributed by atoms with E-state index in [2.05, 4.69) is 10.6 Å². The number of nitro benzene ring substituents is 1. The number of halogens is 2. The van der Waals surface area contributed by atoms with E-state index in [9.17, 15) is 24.5 Å². The van der Waals surface area contributed by atoms with Gasteiger partial charge in [0.25, 0.3) is 17.5 Å². The van der Waals surface area contributed by atoms with Crippen LogP contribution in [0.1, 0.15) is 11.1 Å². The first-order valence-electron chi connectivity index (χ1n) is 11.1. The average molecular weight is 555 g/mol. The SMILES string of the molecule is COc1ccc([N+](=O)[O-])cc1NC(=O)Cc1ccc(NC2=C(Cl)C(=O)N(c3cccc(Cl)c3C)C2=O)cc1. The van der Waals surface area contributed by atoms with Gasteiger partial charge in [-0.3, -0.25) is 24.5 Å². The van der Waals surface area contributed by atoms with E-state index in [4.69, 9.17) is 27.9 Å². The van der Waals surface area contributed by atoms with Crippen LogP contribution in [0.3, 0.4) is 0 Å². The van der Waals surface area contributed by atoms with Crippen LogP contribution in [0, 0.1) is 17.0 Å². The van der Waals surface area contributed by atoms with Crippen LogP contribution >= 0.6 is 23.2 Å². The van der Waals surface area contributed by atoms with E-state index in [1.54, 1.807) is 49.4 Å². The van der Waals surface area contributed by atoms with Crippen LogP contribution in [-0.4, -0.2) is 29.8 Å². The van der Waals surface area contributed by atoms with Crippen LogP contribution in [0.15, 0.2) is 71.4 Å². The van der Waals surface area contributed by atoms with Gasteiger partial charge in [0.1, 0.15) is 16.5 Å². The second-order valence-electron chi connectivity index (χ2n) is 8.21. The average Bonchev–Trinajstić information content (AvgIpc) is 3.09. The maximum atomic E-state index is 13.1. The fourth-order valence-corrected chi connectivity index (χ4v) is 4.19. The lowest BCUT2D eigenvalue weighted by Crippen LogP contribution is -2.32. The lowest BCUT2D eigenvalue weighted by atomic mass is 10.1. The maximum Gasteiger partial charge on any atom is 0.283 e. The van der Waals surface area contributed by atoms with Crippen molar-refractivity contribution >= 4 is 63.7 Å². The third kappa shape index (κ3) is 5.31. The van der Waals surface area contributed by atoms with Gasteiger partial charge in [0.2, 0.25) is 5.91 Å². The molecule has 2 N–H and O–H groups in total. The third-order valence-corrected chi connectivity index (χ3v) is 6.52. The highest BCUT2D eigenvalue weighted by atomic mass is 35.5. The van der Waals surface area contributed by atoms with Gasteiger partial charge in [-0.25, -0.2) is 4.90 Å². The fraction of sp³-hybridized carbons (Fsp3) is 0.115. The minimum atomic E-state index is -0.672. The van der Waals surface area contributed by atoms with Crippen LogP contribution in [0.25, 0.3) is 0 Å². The molecule has 4 rings (SSSR count). The van der Waals surface area contributed by atoms with Gasteiger partial charge in [0, 0.05) is 22.8 Å². The number of nitrogens with one attached hydrogen (secondary N) is 2. The number of benzene rings is 3. The largest absolute Gasteiger partial charge is 0.495 e. The standard InChI is InChI=1S/C26H20Cl2N4O6/c1-14-18(27)4-3-5-20(14)31-25(34)23(28)24(26(31)35)29-16-8-6-15(7-9-16)12-22(33)30-19-13-17(32(36)37)10-11-21(19)38-2/h3-11,13,29H,12H2,1-2H3,(H,30,33). The second-order valence-corrected chi connectivity index (χ2v) is 8.99. The number of carbonyl (C=O) groups is 3. The van der Waals surface area contributed by atoms with Gasteiger partial charge in [-0.15, -0.1) is 0 Å². The maximum absolute atomic E-state index is 13.1. The molecule has 3 amide bonds. The molecule has 10 nitrogen and oxygen atoms in total. The minimum Gasteiger partial charge on any atom is -0.495 e. The van der Waals surface area contributed by atoms with Crippen molar-refractivity contribution in [3.05, 3.63) is 97.7 Å². The van der Waals surface area contributed by atoms with Gasteiger partial charge in [-0.2, -0.15) is 0 Å². The zero-order chi connectivity index (χ0) is 27.6. The Hall–Kier alpha value is -4.41. The number of methoxy groups -OCH3 is 1. The number of amides is 3. The summed E-state index contributed by atoms with van der Waals surface area (Å²) in [4.78, 5) is 49.8. The molecule has 0 fully saturated rings. The molecule has 1 heterocycles. The Bertz CT molecular complexity index is 1500. The van der Waals surface area contributed by atoms with Crippen molar-refractivity contribution in [2.75, 3.05) is 22.6 Å². The Morgan fingerprint density at radius 3 is 2.42 bits per heavy atom. The Morgan fingerprint density at radius 1 is 1.05 bits per heavy atom.